The number of aromatic hydroxyl groups is 1. The van der Waals surface area contributed by atoms with Crippen LogP contribution < -0.4 is 5.73 Å². The van der Waals surface area contributed by atoms with Gasteiger partial charge in [0.25, 0.3) is 5.91 Å². The minimum Gasteiger partial charge on any atom is -0.493 e. The second-order valence-corrected chi connectivity index (χ2v) is 10.4. The van der Waals surface area contributed by atoms with Gasteiger partial charge in [0.1, 0.15) is 0 Å². The monoisotopic (exact) mass is 570 g/mol. The molecule has 8 nitrogen and oxygen atoms in total. The van der Waals surface area contributed by atoms with Gasteiger partial charge in [-0.3, -0.25) is 4.79 Å². The minimum atomic E-state index is -0.953. The summed E-state index contributed by atoms with van der Waals surface area (Å²) in [5, 5.41) is 28.7. The molecule has 11 heteroatoms. The van der Waals surface area contributed by atoms with Gasteiger partial charge in [0, 0.05) is 28.3 Å². The Bertz CT molecular complexity index is 1550. The lowest BCUT2D eigenvalue weighted by Crippen LogP contribution is -2.02. The highest BCUT2D eigenvalue weighted by atomic mass is 35.5. The third kappa shape index (κ3) is 5.80. The topological polar surface area (TPSA) is 130 Å². The molecule has 196 valence electrons. The molecule has 1 aromatic heterocycles. The molecule has 1 amide bonds. The summed E-state index contributed by atoms with van der Waals surface area (Å²) in [6, 6.07) is 15.5. The molecule has 0 bridgehead atoms. The Morgan fingerprint density at radius 1 is 1.08 bits per heavy atom. The van der Waals surface area contributed by atoms with Crippen LogP contribution in [0.25, 0.3) is 10.9 Å². The van der Waals surface area contributed by atoms with Crippen LogP contribution >= 0.6 is 35.0 Å². The van der Waals surface area contributed by atoms with E-state index in [1.807, 2.05) is 37.3 Å². The number of rotatable bonds is 9. The average molecular weight is 571 g/mol. The first kappa shape index (κ1) is 27.5. The summed E-state index contributed by atoms with van der Waals surface area (Å²) in [6.07, 6.45) is 1.52. The molecule has 4 aromatic rings. The van der Waals surface area contributed by atoms with Crippen LogP contribution in [0.5, 0.6) is 5.88 Å². The maximum Gasteiger partial charge on any atom is 0.335 e. The van der Waals surface area contributed by atoms with Gasteiger partial charge in [0.05, 0.1) is 26.7 Å². The fraction of sp³-hybridized carbons (Fsp3) is 0.185. The molecule has 0 aliphatic rings. The number of halogens is 2. The van der Waals surface area contributed by atoms with E-state index in [0.29, 0.717) is 11.9 Å². The summed E-state index contributed by atoms with van der Waals surface area (Å²) in [5.74, 6) is -1.07. The van der Waals surface area contributed by atoms with Crippen molar-refractivity contribution in [1.29, 1.82) is 0 Å². The highest BCUT2D eigenvalue weighted by Crippen LogP contribution is 2.41. The van der Waals surface area contributed by atoms with Gasteiger partial charge in [-0.15, -0.1) is 22.0 Å². The third-order valence-electron chi connectivity index (χ3n) is 5.87. The van der Waals surface area contributed by atoms with Gasteiger partial charge in [-0.1, -0.05) is 42.3 Å². The molecule has 4 N–H and O–H groups in total. The number of aromatic nitrogens is 1. The lowest BCUT2D eigenvalue weighted by atomic mass is 10.1. The number of carboxylic acids is 1. The van der Waals surface area contributed by atoms with E-state index in [1.165, 1.54) is 12.1 Å². The predicted molar refractivity (Wildman–Crippen MR) is 151 cm³/mol. The molecular weight excluding hydrogens is 547 g/mol. The number of thioether (sulfide) groups is 1. The van der Waals surface area contributed by atoms with Crippen molar-refractivity contribution in [1.82, 2.24) is 4.57 Å². The second kappa shape index (κ2) is 11.9. The van der Waals surface area contributed by atoms with Gasteiger partial charge in [-0.2, -0.15) is 0 Å². The fourth-order valence-electron chi connectivity index (χ4n) is 3.97. The summed E-state index contributed by atoms with van der Waals surface area (Å²) >= 11 is 13.8. The van der Waals surface area contributed by atoms with Crippen molar-refractivity contribution in [2.24, 2.45) is 10.2 Å². The van der Waals surface area contributed by atoms with Crippen molar-refractivity contribution in [3.63, 3.8) is 0 Å². The van der Waals surface area contributed by atoms with Crippen molar-refractivity contribution in [3.8, 4) is 5.88 Å². The molecule has 0 aliphatic carbocycles. The molecule has 3 aromatic carbocycles. The number of amides is 1. The van der Waals surface area contributed by atoms with Crippen molar-refractivity contribution in [3.05, 3.63) is 81.3 Å². The van der Waals surface area contributed by atoms with E-state index in [4.69, 9.17) is 34.0 Å². The summed E-state index contributed by atoms with van der Waals surface area (Å²) in [5.41, 5.74) is 8.20. The van der Waals surface area contributed by atoms with E-state index in [0.717, 1.165) is 34.6 Å². The lowest BCUT2D eigenvalue weighted by Gasteiger charge is -2.06. The number of carboxylic acid groups (broad SMARTS) is 1. The van der Waals surface area contributed by atoms with Gasteiger partial charge >= 0.3 is 5.97 Å². The van der Waals surface area contributed by atoms with E-state index in [-0.39, 0.29) is 38.4 Å². The highest BCUT2D eigenvalue weighted by Gasteiger charge is 2.20. The van der Waals surface area contributed by atoms with Crippen LogP contribution in [0.3, 0.4) is 0 Å². The Kier molecular flexibility index (Phi) is 8.61. The summed E-state index contributed by atoms with van der Waals surface area (Å²) in [6.45, 7) is 2.55. The molecule has 0 radical (unpaired) electrons. The van der Waals surface area contributed by atoms with E-state index < -0.39 is 11.9 Å². The molecular formula is C27H24Cl2N4O4S. The molecule has 38 heavy (non-hydrogen) atoms. The number of nitrogen functional groups attached to an aromatic ring is 1. The number of fused-ring (bicyclic) bond motifs is 1. The first-order valence-electron chi connectivity index (χ1n) is 11.7. The van der Waals surface area contributed by atoms with E-state index in [1.54, 1.807) is 28.5 Å². The number of nitrogens with zero attached hydrogens (tertiary/aromatic N) is 3. The molecule has 0 atom stereocenters. The number of carbonyl (C=O) groups excluding carboxylic acids is 1. The Labute approximate surface area is 233 Å². The second-order valence-electron chi connectivity index (χ2n) is 8.43. The molecule has 1 heterocycles. The van der Waals surface area contributed by atoms with Crippen LogP contribution in [-0.4, -0.2) is 32.4 Å². The zero-order valence-corrected chi connectivity index (χ0v) is 22.6. The number of aryl methyl sites for hydroxylation is 2. The quantitative estimate of drug-likeness (QED) is 0.108. The molecule has 0 spiro atoms. The third-order valence-corrected chi connectivity index (χ3v) is 7.67. The number of anilines is 1. The molecule has 0 unspecified atom stereocenters. The van der Waals surface area contributed by atoms with E-state index in [2.05, 4.69) is 10.2 Å². The Morgan fingerprint density at radius 2 is 1.82 bits per heavy atom. The van der Waals surface area contributed by atoms with Crippen LogP contribution in [0.4, 0.5) is 11.4 Å². The zero-order valence-electron chi connectivity index (χ0n) is 20.3. The van der Waals surface area contributed by atoms with Gasteiger partial charge in [-0.25, -0.2) is 4.79 Å². The largest absolute Gasteiger partial charge is 0.493 e. The van der Waals surface area contributed by atoms with Crippen molar-refractivity contribution >= 4 is 69.1 Å². The predicted octanol–water partition coefficient (Wildman–Crippen LogP) is 7.60. The molecule has 0 saturated carbocycles. The Hall–Kier alpha value is -3.53. The van der Waals surface area contributed by atoms with Crippen molar-refractivity contribution in [2.75, 3.05) is 11.5 Å². The van der Waals surface area contributed by atoms with Gasteiger partial charge in [0.2, 0.25) is 5.88 Å². The minimum absolute atomic E-state index is 0.00969. The van der Waals surface area contributed by atoms with Gasteiger partial charge < -0.3 is 20.5 Å². The van der Waals surface area contributed by atoms with Crippen LogP contribution in [0, 0.1) is 0 Å². The lowest BCUT2D eigenvalue weighted by molar-refractivity contribution is 0.0696. The average Bonchev–Trinajstić information content (AvgIpc) is 3.15. The first-order chi connectivity index (χ1) is 18.2. The molecule has 4 rings (SSSR count). The summed E-state index contributed by atoms with van der Waals surface area (Å²) in [7, 11) is 0. The number of benzene rings is 3. The SMILES string of the molecule is CCCn1c(O)c(N=NC(=O)c2c(N)ccc(Cl)c2Cl)c2cc(SCCc3ccc(C(=O)O)cc3)ccc21. The standard InChI is InChI=1S/C27H24Cl2N4O4S/c1-2-12-33-21-10-7-17(38-13-11-15-3-5-16(6-4-15)27(36)37)14-18(21)24(26(33)35)31-32-25(34)22-20(30)9-8-19(28)23(22)29/h3-10,14,35H,2,11-13,30H2,1H3,(H,36,37). The summed E-state index contributed by atoms with van der Waals surface area (Å²) in [4.78, 5) is 24.8. The molecule has 0 fully saturated rings. The fourth-order valence-corrected chi connectivity index (χ4v) is 5.32. The zero-order chi connectivity index (χ0) is 27.4. The number of hydrogen-bond donors (Lipinski definition) is 3. The highest BCUT2D eigenvalue weighted by molar-refractivity contribution is 7.99. The van der Waals surface area contributed by atoms with Crippen molar-refractivity contribution < 1.29 is 19.8 Å². The Morgan fingerprint density at radius 3 is 2.50 bits per heavy atom. The molecule has 0 saturated heterocycles. The van der Waals surface area contributed by atoms with E-state index >= 15 is 0 Å². The van der Waals surface area contributed by atoms with Gasteiger partial charge in [-0.05, 0) is 60.9 Å². The van der Waals surface area contributed by atoms with Crippen molar-refractivity contribution in [2.45, 2.75) is 31.2 Å². The number of carbonyl (C=O) groups is 2. The van der Waals surface area contributed by atoms with Crippen LogP contribution in [0.2, 0.25) is 10.0 Å². The van der Waals surface area contributed by atoms with E-state index in [9.17, 15) is 14.7 Å². The smallest absolute Gasteiger partial charge is 0.335 e. The maximum absolute atomic E-state index is 12.8. The maximum atomic E-state index is 12.8. The first-order valence-corrected chi connectivity index (χ1v) is 13.4. The molecule has 0 aliphatic heterocycles. The van der Waals surface area contributed by atoms with Crippen LogP contribution in [0.1, 0.15) is 39.6 Å². The number of aromatic carboxylic acids is 1. The van der Waals surface area contributed by atoms with Crippen LogP contribution in [-0.2, 0) is 13.0 Å². The van der Waals surface area contributed by atoms with Crippen LogP contribution in [0.15, 0.2) is 69.7 Å². The summed E-state index contributed by atoms with van der Waals surface area (Å²) < 4.78 is 1.73. The normalized spacial score (nSPS) is 11.4. The Balaban J connectivity index is 1.60. The van der Waals surface area contributed by atoms with Gasteiger partial charge in [0.15, 0.2) is 5.69 Å². The number of nitrogens with two attached hydrogens (primary N) is 1. The number of hydrogen-bond acceptors (Lipinski definition) is 6. The number of azo groups is 1.